The number of rotatable bonds is 6. The summed E-state index contributed by atoms with van der Waals surface area (Å²) >= 11 is 0. The summed E-state index contributed by atoms with van der Waals surface area (Å²) < 4.78 is 36.3. The van der Waals surface area contributed by atoms with Crippen molar-refractivity contribution in [3.05, 3.63) is 30.1 Å². The predicted octanol–water partition coefficient (Wildman–Crippen LogP) is 3.63. The smallest absolute Gasteiger partial charge is 0.349 e. The van der Waals surface area contributed by atoms with Crippen LogP contribution in [0.4, 0.5) is 13.2 Å². The maximum absolute atomic E-state index is 12.1. The number of amides is 1. The van der Waals surface area contributed by atoms with Crippen LogP contribution in [0.25, 0.3) is 0 Å². The Hall–Kier alpha value is -1.59. The Labute approximate surface area is 116 Å². The molecule has 20 heavy (non-hydrogen) atoms. The van der Waals surface area contributed by atoms with Crippen molar-refractivity contribution < 1.29 is 18.0 Å². The van der Waals surface area contributed by atoms with Crippen LogP contribution in [0.2, 0.25) is 0 Å². The molecule has 1 unspecified atom stereocenters. The Kier molecular flexibility index (Phi) is 5.98. The molecule has 0 aromatic carbocycles. The van der Waals surface area contributed by atoms with Crippen LogP contribution in [-0.2, 0) is 4.79 Å². The van der Waals surface area contributed by atoms with Gasteiger partial charge in [0.05, 0.1) is 12.5 Å². The van der Waals surface area contributed by atoms with Gasteiger partial charge in [-0.3, -0.25) is 9.78 Å². The topological polar surface area (TPSA) is 42.0 Å². The standard InChI is InChI=1S/C14H19F3N2O/c1-10(2)8-12(11-4-3-7-18-9-11)19-13(20)5-6-14(15,16)17/h3-4,7,9-10,12H,5-6,8H2,1-2H3,(H,19,20). The van der Waals surface area contributed by atoms with Gasteiger partial charge in [-0.25, -0.2) is 0 Å². The van der Waals surface area contributed by atoms with Gasteiger partial charge < -0.3 is 5.32 Å². The van der Waals surface area contributed by atoms with Crippen molar-refractivity contribution in [3.8, 4) is 0 Å². The highest BCUT2D eigenvalue weighted by molar-refractivity contribution is 5.76. The number of nitrogens with zero attached hydrogens (tertiary/aromatic N) is 1. The van der Waals surface area contributed by atoms with Crippen LogP contribution in [0.3, 0.4) is 0 Å². The Bertz CT molecular complexity index is 418. The van der Waals surface area contributed by atoms with E-state index in [0.717, 1.165) is 5.56 Å². The molecule has 0 aliphatic heterocycles. The Balaban J connectivity index is 2.64. The van der Waals surface area contributed by atoms with Crippen LogP contribution < -0.4 is 5.32 Å². The molecule has 112 valence electrons. The first-order valence-electron chi connectivity index (χ1n) is 6.54. The van der Waals surface area contributed by atoms with Crippen LogP contribution in [0.1, 0.15) is 44.7 Å². The van der Waals surface area contributed by atoms with Gasteiger partial charge in [-0.15, -0.1) is 0 Å². The number of aromatic nitrogens is 1. The highest BCUT2D eigenvalue weighted by Crippen LogP contribution is 2.23. The minimum atomic E-state index is -4.31. The fraction of sp³-hybridized carbons (Fsp3) is 0.571. The number of hydrogen-bond acceptors (Lipinski definition) is 2. The normalized spacial score (nSPS) is 13.3. The van der Waals surface area contributed by atoms with Gasteiger partial charge in [-0.05, 0) is 24.0 Å². The van der Waals surface area contributed by atoms with E-state index in [-0.39, 0.29) is 6.04 Å². The van der Waals surface area contributed by atoms with E-state index < -0.39 is 24.9 Å². The molecule has 1 atom stereocenters. The lowest BCUT2D eigenvalue weighted by molar-refractivity contribution is -0.144. The summed E-state index contributed by atoms with van der Waals surface area (Å²) in [6.07, 6.45) is -2.06. The van der Waals surface area contributed by atoms with E-state index in [2.05, 4.69) is 10.3 Å². The molecule has 1 rings (SSSR count). The quantitative estimate of drug-likeness (QED) is 0.868. The SMILES string of the molecule is CC(C)CC(NC(=O)CCC(F)(F)F)c1cccnc1. The zero-order valence-corrected chi connectivity index (χ0v) is 11.6. The summed E-state index contributed by atoms with van der Waals surface area (Å²) in [5.41, 5.74) is 0.807. The average Bonchev–Trinajstić information content (AvgIpc) is 2.35. The van der Waals surface area contributed by atoms with Gasteiger partial charge in [0.25, 0.3) is 0 Å². The number of nitrogens with one attached hydrogen (secondary N) is 1. The average molecular weight is 288 g/mol. The summed E-state index contributed by atoms with van der Waals surface area (Å²) in [6.45, 7) is 3.98. The van der Waals surface area contributed by atoms with Gasteiger partial charge in [0.1, 0.15) is 0 Å². The van der Waals surface area contributed by atoms with Gasteiger partial charge in [-0.1, -0.05) is 19.9 Å². The van der Waals surface area contributed by atoms with Gasteiger partial charge in [0.15, 0.2) is 0 Å². The van der Waals surface area contributed by atoms with Crippen molar-refractivity contribution in [2.75, 3.05) is 0 Å². The largest absolute Gasteiger partial charge is 0.389 e. The molecule has 0 bridgehead atoms. The molecule has 0 spiro atoms. The highest BCUT2D eigenvalue weighted by atomic mass is 19.4. The van der Waals surface area contributed by atoms with Crippen molar-refractivity contribution >= 4 is 5.91 Å². The number of carbonyl (C=O) groups excluding carboxylic acids is 1. The second-order valence-corrected chi connectivity index (χ2v) is 5.15. The molecule has 1 N–H and O–H groups in total. The van der Waals surface area contributed by atoms with Crippen LogP contribution >= 0.6 is 0 Å². The summed E-state index contributed by atoms with van der Waals surface area (Å²) in [5.74, 6) is -0.278. The van der Waals surface area contributed by atoms with Crippen molar-refractivity contribution in [2.24, 2.45) is 5.92 Å². The van der Waals surface area contributed by atoms with Crippen LogP contribution in [0.5, 0.6) is 0 Å². The molecule has 1 heterocycles. The van der Waals surface area contributed by atoms with E-state index in [4.69, 9.17) is 0 Å². The fourth-order valence-electron chi connectivity index (χ4n) is 1.85. The predicted molar refractivity (Wildman–Crippen MR) is 69.9 cm³/mol. The molecule has 0 fully saturated rings. The van der Waals surface area contributed by atoms with Gasteiger partial charge in [0.2, 0.25) is 5.91 Å². The van der Waals surface area contributed by atoms with E-state index in [0.29, 0.717) is 12.3 Å². The Morgan fingerprint density at radius 1 is 1.40 bits per heavy atom. The third-order valence-corrected chi connectivity index (χ3v) is 2.76. The maximum atomic E-state index is 12.1. The highest BCUT2D eigenvalue weighted by Gasteiger charge is 2.28. The fourth-order valence-corrected chi connectivity index (χ4v) is 1.85. The summed E-state index contributed by atoms with van der Waals surface area (Å²) in [7, 11) is 0. The Morgan fingerprint density at radius 3 is 2.60 bits per heavy atom. The van der Waals surface area contributed by atoms with E-state index in [1.165, 1.54) is 0 Å². The van der Waals surface area contributed by atoms with Gasteiger partial charge in [0, 0.05) is 18.8 Å². The lowest BCUT2D eigenvalue weighted by Crippen LogP contribution is -2.30. The number of carbonyl (C=O) groups is 1. The van der Waals surface area contributed by atoms with Crippen molar-refractivity contribution in [1.82, 2.24) is 10.3 Å². The lowest BCUT2D eigenvalue weighted by Gasteiger charge is -2.21. The van der Waals surface area contributed by atoms with E-state index >= 15 is 0 Å². The first kappa shape index (κ1) is 16.5. The number of halogens is 3. The lowest BCUT2D eigenvalue weighted by atomic mass is 9.98. The van der Waals surface area contributed by atoms with Gasteiger partial charge in [-0.2, -0.15) is 13.2 Å². The van der Waals surface area contributed by atoms with E-state index in [1.807, 2.05) is 19.9 Å². The first-order chi connectivity index (χ1) is 9.28. The minimum Gasteiger partial charge on any atom is -0.349 e. The van der Waals surface area contributed by atoms with Gasteiger partial charge >= 0.3 is 6.18 Å². The second kappa shape index (κ2) is 7.26. The zero-order valence-electron chi connectivity index (χ0n) is 11.6. The monoisotopic (exact) mass is 288 g/mol. The van der Waals surface area contributed by atoms with Crippen molar-refractivity contribution in [2.45, 2.75) is 45.3 Å². The van der Waals surface area contributed by atoms with Crippen molar-refractivity contribution in [1.29, 1.82) is 0 Å². The number of hydrogen-bond donors (Lipinski definition) is 1. The molecule has 0 saturated heterocycles. The molecular formula is C14H19F3N2O. The number of pyridine rings is 1. The molecule has 0 saturated carbocycles. The molecule has 1 aromatic heterocycles. The summed E-state index contributed by atoms with van der Waals surface area (Å²) in [4.78, 5) is 15.6. The molecule has 1 amide bonds. The number of alkyl halides is 3. The third-order valence-electron chi connectivity index (χ3n) is 2.76. The minimum absolute atomic E-state index is 0.301. The summed E-state index contributed by atoms with van der Waals surface area (Å²) in [5, 5.41) is 2.66. The molecule has 1 aromatic rings. The van der Waals surface area contributed by atoms with E-state index in [1.54, 1.807) is 18.5 Å². The third kappa shape index (κ3) is 6.54. The molecular weight excluding hydrogens is 269 g/mol. The maximum Gasteiger partial charge on any atom is 0.389 e. The molecule has 0 aliphatic rings. The van der Waals surface area contributed by atoms with Crippen LogP contribution in [-0.4, -0.2) is 17.1 Å². The molecule has 0 radical (unpaired) electrons. The van der Waals surface area contributed by atoms with Crippen molar-refractivity contribution in [3.63, 3.8) is 0 Å². The van der Waals surface area contributed by atoms with E-state index in [9.17, 15) is 18.0 Å². The van der Waals surface area contributed by atoms with Crippen LogP contribution in [0.15, 0.2) is 24.5 Å². The summed E-state index contributed by atoms with van der Waals surface area (Å²) in [6, 6.07) is 3.25. The second-order valence-electron chi connectivity index (χ2n) is 5.15. The molecule has 0 aliphatic carbocycles. The Morgan fingerprint density at radius 2 is 2.10 bits per heavy atom. The molecule has 3 nitrogen and oxygen atoms in total. The van der Waals surface area contributed by atoms with Crippen LogP contribution in [0, 0.1) is 5.92 Å². The zero-order chi connectivity index (χ0) is 15.2. The first-order valence-corrected chi connectivity index (χ1v) is 6.54. The molecule has 6 heteroatoms.